The Kier molecular flexibility index (Phi) is 4.22. The van der Waals surface area contributed by atoms with Gasteiger partial charge in [-0.05, 0) is 51.6 Å². The molecule has 6 heteroatoms. The third-order valence-corrected chi connectivity index (χ3v) is 5.28. The minimum atomic E-state index is 0.104. The molecule has 2 aromatic heterocycles. The summed E-state index contributed by atoms with van der Waals surface area (Å²) in [7, 11) is 0. The van der Waals surface area contributed by atoms with Crippen molar-refractivity contribution in [2.24, 2.45) is 5.92 Å². The lowest BCUT2D eigenvalue weighted by Crippen LogP contribution is -2.36. The fourth-order valence-corrected chi connectivity index (χ4v) is 3.48. The smallest absolute Gasteiger partial charge is 0.253 e. The van der Waals surface area contributed by atoms with Crippen LogP contribution in [0.3, 0.4) is 0 Å². The van der Waals surface area contributed by atoms with E-state index in [-0.39, 0.29) is 5.56 Å². The summed E-state index contributed by atoms with van der Waals surface area (Å²) in [6.07, 6.45) is 7.84. The van der Waals surface area contributed by atoms with E-state index in [4.69, 9.17) is 4.42 Å². The molecule has 0 atom stereocenters. The Morgan fingerprint density at radius 3 is 2.62 bits per heavy atom. The number of nitrogens with zero attached hydrogens (tertiary/aromatic N) is 4. The molecule has 0 bridgehead atoms. The molecule has 1 aliphatic carbocycles. The van der Waals surface area contributed by atoms with Gasteiger partial charge in [-0.2, -0.15) is 0 Å². The molecule has 0 spiro atoms. The van der Waals surface area contributed by atoms with Gasteiger partial charge in [0, 0.05) is 25.1 Å². The van der Waals surface area contributed by atoms with Gasteiger partial charge in [0.25, 0.3) is 5.56 Å². The minimum absolute atomic E-state index is 0.104. The van der Waals surface area contributed by atoms with Crippen LogP contribution in [0.4, 0.5) is 0 Å². The summed E-state index contributed by atoms with van der Waals surface area (Å²) in [5, 5.41) is 0. The molecule has 2 aliphatic rings. The van der Waals surface area contributed by atoms with Crippen LogP contribution in [0.2, 0.25) is 0 Å². The number of aromatic nitrogens is 3. The molecule has 128 valence electrons. The largest absolute Gasteiger partial charge is 0.448 e. The number of piperidine rings is 1. The van der Waals surface area contributed by atoms with Crippen LogP contribution in [0.25, 0.3) is 0 Å². The minimum Gasteiger partial charge on any atom is -0.448 e. The Bertz CT molecular complexity index is 754. The standard InChI is InChI=1S/C18H24N4O2/c1-13-17(20-12-24-13)10-21-6-4-14(5-7-21)9-22-11-19-16(8-18(22)23)15-2-3-15/h8,11-12,14-15H,2-7,9-10H2,1H3. The zero-order chi connectivity index (χ0) is 16.5. The molecule has 0 aromatic carbocycles. The first-order valence-electron chi connectivity index (χ1n) is 8.87. The Morgan fingerprint density at radius 2 is 2.00 bits per heavy atom. The van der Waals surface area contributed by atoms with Crippen LogP contribution < -0.4 is 5.56 Å². The molecule has 2 fully saturated rings. The van der Waals surface area contributed by atoms with E-state index in [1.165, 1.54) is 19.2 Å². The van der Waals surface area contributed by atoms with Gasteiger partial charge in [-0.15, -0.1) is 0 Å². The Morgan fingerprint density at radius 1 is 1.21 bits per heavy atom. The zero-order valence-electron chi connectivity index (χ0n) is 14.1. The summed E-state index contributed by atoms with van der Waals surface area (Å²) in [6, 6.07) is 1.74. The normalized spacial score (nSPS) is 19.7. The van der Waals surface area contributed by atoms with E-state index in [0.717, 1.165) is 56.2 Å². The number of oxazole rings is 1. The highest BCUT2D eigenvalue weighted by molar-refractivity contribution is 5.12. The van der Waals surface area contributed by atoms with Gasteiger partial charge < -0.3 is 4.42 Å². The van der Waals surface area contributed by atoms with Crippen molar-refractivity contribution in [1.29, 1.82) is 0 Å². The van der Waals surface area contributed by atoms with Crippen molar-refractivity contribution in [3.8, 4) is 0 Å². The number of aryl methyl sites for hydroxylation is 1. The van der Waals surface area contributed by atoms with Crippen LogP contribution >= 0.6 is 0 Å². The lowest BCUT2D eigenvalue weighted by molar-refractivity contribution is 0.164. The summed E-state index contributed by atoms with van der Waals surface area (Å²) in [5.74, 6) is 1.99. The van der Waals surface area contributed by atoms with E-state index >= 15 is 0 Å². The monoisotopic (exact) mass is 328 g/mol. The zero-order valence-corrected chi connectivity index (χ0v) is 14.1. The molecule has 4 rings (SSSR count). The van der Waals surface area contributed by atoms with Crippen LogP contribution in [0.5, 0.6) is 0 Å². The predicted octanol–water partition coefficient (Wildman–Crippen LogP) is 2.33. The third kappa shape index (κ3) is 3.43. The van der Waals surface area contributed by atoms with Crippen LogP contribution in [0, 0.1) is 12.8 Å². The van der Waals surface area contributed by atoms with E-state index < -0.39 is 0 Å². The van der Waals surface area contributed by atoms with Crippen molar-refractivity contribution >= 4 is 0 Å². The van der Waals surface area contributed by atoms with E-state index in [1.54, 1.807) is 17.0 Å². The van der Waals surface area contributed by atoms with Crippen LogP contribution in [-0.4, -0.2) is 32.5 Å². The molecule has 3 heterocycles. The maximum absolute atomic E-state index is 12.3. The highest BCUT2D eigenvalue weighted by Crippen LogP contribution is 2.38. The third-order valence-electron chi connectivity index (χ3n) is 5.28. The SMILES string of the molecule is Cc1ocnc1CN1CCC(Cn2cnc(C3CC3)cc2=O)CC1. The van der Waals surface area contributed by atoms with Crippen molar-refractivity contribution in [2.75, 3.05) is 13.1 Å². The Labute approximate surface area is 141 Å². The van der Waals surface area contributed by atoms with Gasteiger partial charge >= 0.3 is 0 Å². The average molecular weight is 328 g/mol. The lowest BCUT2D eigenvalue weighted by atomic mass is 9.96. The van der Waals surface area contributed by atoms with Gasteiger partial charge in [-0.3, -0.25) is 14.3 Å². The highest BCUT2D eigenvalue weighted by atomic mass is 16.3. The fourth-order valence-electron chi connectivity index (χ4n) is 3.48. The molecule has 0 radical (unpaired) electrons. The van der Waals surface area contributed by atoms with Gasteiger partial charge in [-0.25, -0.2) is 9.97 Å². The lowest BCUT2D eigenvalue weighted by Gasteiger charge is -2.31. The number of rotatable bonds is 5. The second-order valence-electron chi connectivity index (χ2n) is 7.15. The molecule has 0 amide bonds. The Balaban J connectivity index is 1.31. The molecule has 1 saturated heterocycles. The fraction of sp³-hybridized carbons (Fsp3) is 0.611. The van der Waals surface area contributed by atoms with Crippen LogP contribution in [0.1, 0.15) is 48.7 Å². The van der Waals surface area contributed by atoms with E-state index in [1.807, 2.05) is 6.92 Å². The van der Waals surface area contributed by atoms with E-state index in [2.05, 4.69) is 14.9 Å². The van der Waals surface area contributed by atoms with Gasteiger partial charge in [0.15, 0.2) is 6.39 Å². The van der Waals surface area contributed by atoms with Crippen molar-refractivity contribution in [1.82, 2.24) is 19.4 Å². The molecule has 24 heavy (non-hydrogen) atoms. The summed E-state index contributed by atoms with van der Waals surface area (Å²) >= 11 is 0. The predicted molar refractivity (Wildman–Crippen MR) is 89.7 cm³/mol. The first kappa shape index (κ1) is 15.6. The van der Waals surface area contributed by atoms with E-state index in [0.29, 0.717) is 11.8 Å². The summed E-state index contributed by atoms with van der Waals surface area (Å²) in [5.41, 5.74) is 2.12. The second-order valence-corrected chi connectivity index (χ2v) is 7.15. The van der Waals surface area contributed by atoms with Crippen molar-refractivity contribution in [3.05, 3.63) is 46.3 Å². The average Bonchev–Trinajstić information content (AvgIpc) is 3.36. The molecular weight excluding hydrogens is 304 g/mol. The van der Waals surface area contributed by atoms with Crippen molar-refractivity contribution in [3.63, 3.8) is 0 Å². The maximum atomic E-state index is 12.3. The van der Waals surface area contributed by atoms with Gasteiger partial charge in [0.05, 0.1) is 17.7 Å². The van der Waals surface area contributed by atoms with Gasteiger partial charge in [0.1, 0.15) is 5.76 Å². The molecule has 1 saturated carbocycles. The maximum Gasteiger partial charge on any atom is 0.253 e. The quantitative estimate of drug-likeness (QED) is 0.843. The van der Waals surface area contributed by atoms with Crippen molar-refractivity contribution in [2.45, 2.75) is 51.6 Å². The van der Waals surface area contributed by atoms with Gasteiger partial charge in [0.2, 0.25) is 0 Å². The van der Waals surface area contributed by atoms with Crippen LogP contribution in [0.15, 0.2) is 28.0 Å². The first-order valence-corrected chi connectivity index (χ1v) is 8.87. The van der Waals surface area contributed by atoms with E-state index in [9.17, 15) is 4.79 Å². The molecule has 1 aliphatic heterocycles. The number of likely N-dealkylation sites (tertiary alicyclic amines) is 1. The molecular formula is C18H24N4O2. The molecule has 0 N–H and O–H groups in total. The molecule has 6 nitrogen and oxygen atoms in total. The second kappa shape index (κ2) is 6.51. The molecule has 2 aromatic rings. The number of hydrogen-bond acceptors (Lipinski definition) is 5. The first-order chi connectivity index (χ1) is 11.7. The molecule has 0 unspecified atom stereocenters. The summed E-state index contributed by atoms with van der Waals surface area (Å²) < 4.78 is 7.05. The van der Waals surface area contributed by atoms with Gasteiger partial charge in [-0.1, -0.05) is 0 Å². The van der Waals surface area contributed by atoms with Crippen molar-refractivity contribution < 1.29 is 4.42 Å². The topological polar surface area (TPSA) is 64.2 Å². The highest BCUT2D eigenvalue weighted by Gasteiger charge is 2.26. The summed E-state index contributed by atoms with van der Waals surface area (Å²) in [6.45, 7) is 5.68. The van der Waals surface area contributed by atoms with Crippen LogP contribution in [-0.2, 0) is 13.1 Å². The number of hydrogen-bond donors (Lipinski definition) is 0. The summed E-state index contributed by atoms with van der Waals surface area (Å²) in [4.78, 5) is 23.4. The Hall–Kier alpha value is -1.95.